The third kappa shape index (κ3) is 5.80. The molecule has 3 rings (SSSR count). The predicted octanol–water partition coefficient (Wildman–Crippen LogP) is 2.82. The van der Waals surface area contributed by atoms with Gasteiger partial charge in [0.15, 0.2) is 11.5 Å². The Morgan fingerprint density at radius 3 is 2.35 bits per heavy atom. The van der Waals surface area contributed by atoms with Crippen molar-refractivity contribution in [1.82, 2.24) is 10.2 Å². The molecule has 2 heterocycles. The Kier molecular flexibility index (Phi) is 7.97. The van der Waals surface area contributed by atoms with Crippen molar-refractivity contribution in [3.8, 4) is 17.2 Å². The molecule has 0 aliphatic carbocycles. The van der Waals surface area contributed by atoms with Crippen LogP contribution >= 0.6 is 0 Å². The van der Waals surface area contributed by atoms with Gasteiger partial charge in [0.05, 0.1) is 40.6 Å². The van der Waals surface area contributed by atoms with Crippen LogP contribution < -0.4 is 19.5 Å². The smallest absolute Gasteiger partial charge is 0.244 e. The summed E-state index contributed by atoms with van der Waals surface area (Å²) in [7, 11) is 4.66. The summed E-state index contributed by atoms with van der Waals surface area (Å²) in [5.74, 6) is 3.06. The lowest BCUT2D eigenvalue weighted by atomic mass is 10.1. The summed E-state index contributed by atoms with van der Waals surface area (Å²) in [4.78, 5) is 14.8. The Balaban J connectivity index is 1.68. The van der Waals surface area contributed by atoms with E-state index in [9.17, 15) is 4.79 Å². The van der Waals surface area contributed by atoms with E-state index in [2.05, 4.69) is 10.2 Å². The van der Waals surface area contributed by atoms with Gasteiger partial charge in [-0.05, 0) is 42.8 Å². The van der Waals surface area contributed by atoms with Crippen molar-refractivity contribution in [3.05, 3.63) is 47.4 Å². The number of hydrogen-bond acceptors (Lipinski definition) is 7. The SMILES string of the molecule is COc1cc(/C=C/C(=O)NCC(c2ccc(C)o2)N2CCOCC2)cc(OC)c1OC. The van der Waals surface area contributed by atoms with Crippen molar-refractivity contribution in [2.24, 2.45) is 0 Å². The van der Waals surface area contributed by atoms with Gasteiger partial charge in [0.25, 0.3) is 0 Å². The first-order valence-electron chi connectivity index (χ1n) is 10.2. The minimum atomic E-state index is -0.199. The van der Waals surface area contributed by atoms with Crippen molar-refractivity contribution in [1.29, 1.82) is 0 Å². The molecule has 1 atom stereocenters. The zero-order valence-corrected chi connectivity index (χ0v) is 18.5. The van der Waals surface area contributed by atoms with Crippen LogP contribution in [0, 0.1) is 6.92 Å². The van der Waals surface area contributed by atoms with Crippen LogP contribution in [0.2, 0.25) is 0 Å². The zero-order chi connectivity index (χ0) is 22.2. The van der Waals surface area contributed by atoms with Gasteiger partial charge in [-0.3, -0.25) is 9.69 Å². The second-order valence-electron chi connectivity index (χ2n) is 7.15. The number of hydrogen-bond donors (Lipinski definition) is 1. The van der Waals surface area contributed by atoms with Crippen LogP contribution in [0.25, 0.3) is 6.08 Å². The van der Waals surface area contributed by atoms with Crippen molar-refractivity contribution in [2.45, 2.75) is 13.0 Å². The number of benzene rings is 1. The first-order valence-corrected chi connectivity index (χ1v) is 10.2. The molecule has 0 radical (unpaired) electrons. The molecule has 0 spiro atoms. The van der Waals surface area contributed by atoms with Crippen molar-refractivity contribution in [3.63, 3.8) is 0 Å². The molecule has 1 unspecified atom stereocenters. The van der Waals surface area contributed by atoms with E-state index < -0.39 is 0 Å². The van der Waals surface area contributed by atoms with Gasteiger partial charge in [0, 0.05) is 25.7 Å². The van der Waals surface area contributed by atoms with Crippen LogP contribution in [0.1, 0.15) is 23.1 Å². The lowest BCUT2D eigenvalue weighted by molar-refractivity contribution is -0.116. The summed E-state index contributed by atoms with van der Waals surface area (Å²) in [5.41, 5.74) is 0.760. The molecular weight excluding hydrogens is 400 g/mol. The highest BCUT2D eigenvalue weighted by Crippen LogP contribution is 2.38. The van der Waals surface area contributed by atoms with E-state index in [0.29, 0.717) is 37.0 Å². The largest absolute Gasteiger partial charge is 0.493 e. The molecule has 168 valence electrons. The van der Waals surface area contributed by atoms with Crippen LogP contribution in [-0.4, -0.2) is 65.0 Å². The number of aryl methyl sites for hydroxylation is 1. The van der Waals surface area contributed by atoms with Gasteiger partial charge in [-0.1, -0.05) is 0 Å². The Morgan fingerprint density at radius 2 is 1.81 bits per heavy atom. The predicted molar refractivity (Wildman–Crippen MR) is 117 cm³/mol. The van der Waals surface area contributed by atoms with Gasteiger partial charge < -0.3 is 28.7 Å². The number of furan rings is 1. The normalized spacial score (nSPS) is 15.6. The molecule has 1 aromatic heterocycles. The molecule has 31 heavy (non-hydrogen) atoms. The summed E-state index contributed by atoms with van der Waals surface area (Å²) in [6.45, 7) is 5.28. The number of carbonyl (C=O) groups excluding carboxylic acids is 1. The maximum atomic E-state index is 12.5. The van der Waals surface area contributed by atoms with E-state index in [0.717, 1.165) is 30.2 Å². The van der Waals surface area contributed by atoms with Gasteiger partial charge in [-0.15, -0.1) is 0 Å². The molecule has 0 bridgehead atoms. The molecule has 1 N–H and O–H groups in total. The molecule has 1 aromatic carbocycles. The topological polar surface area (TPSA) is 82.4 Å². The number of carbonyl (C=O) groups is 1. The molecule has 1 amide bonds. The van der Waals surface area contributed by atoms with E-state index in [1.807, 2.05) is 19.1 Å². The van der Waals surface area contributed by atoms with Gasteiger partial charge >= 0.3 is 0 Å². The Bertz CT molecular complexity index is 876. The third-order valence-electron chi connectivity index (χ3n) is 5.16. The summed E-state index contributed by atoms with van der Waals surface area (Å²) < 4.78 is 27.3. The lowest BCUT2D eigenvalue weighted by Gasteiger charge is -2.33. The highest BCUT2D eigenvalue weighted by Gasteiger charge is 2.25. The number of ether oxygens (including phenoxy) is 4. The molecule has 1 fully saturated rings. The summed E-state index contributed by atoms with van der Waals surface area (Å²) in [6.07, 6.45) is 3.20. The summed E-state index contributed by atoms with van der Waals surface area (Å²) in [5, 5.41) is 2.98. The number of morpholine rings is 1. The van der Waals surface area contributed by atoms with Crippen LogP contribution in [-0.2, 0) is 9.53 Å². The lowest BCUT2D eigenvalue weighted by Crippen LogP contribution is -2.43. The van der Waals surface area contributed by atoms with Gasteiger partial charge in [-0.25, -0.2) is 0 Å². The van der Waals surface area contributed by atoms with Crippen LogP contribution in [0.15, 0.2) is 34.8 Å². The fourth-order valence-corrected chi connectivity index (χ4v) is 3.56. The number of methoxy groups -OCH3 is 3. The second kappa shape index (κ2) is 10.9. The number of amides is 1. The zero-order valence-electron chi connectivity index (χ0n) is 18.5. The Hall–Kier alpha value is -2.97. The molecule has 0 saturated carbocycles. The number of rotatable bonds is 9. The van der Waals surface area contributed by atoms with E-state index >= 15 is 0 Å². The maximum absolute atomic E-state index is 12.5. The van der Waals surface area contributed by atoms with Gasteiger partial charge in [0.1, 0.15) is 11.5 Å². The average Bonchev–Trinajstić information content (AvgIpc) is 3.23. The highest BCUT2D eigenvalue weighted by molar-refractivity contribution is 5.91. The average molecular weight is 431 g/mol. The maximum Gasteiger partial charge on any atom is 0.244 e. The van der Waals surface area contributed by atoms with Crippen LogP contribution in [0.4, 0.5) is 0 Å². The van der Waals surface area contributed by atoms with Crippen molar-refractivity contribution >= 4 is 12.0 Å². The molecule has 2 aromatic rings. The minimum absolute atomic E-state index is 0.0453. The second-order valence-corrected chi connectivity index (χ2v) is 7.15. The molecule has 8 nitrogen and oxygen atoms in total. The van der Waals surface area contributed by atoms with Gasteiger partial charge in [-0.2, -0.15) is 0 Å². The molecule has 1 saturated heterocycles. The van der Waals surface area contributed by atoms with Crippen LogP contribution in [0.3, 0.4) is 0 Å². The highest BCUT2D eigenvalue weighted by atomic mass is 16.5. The molecule has 1 aliphatic rings. The quantitative estimate of drug-likeness (QED) is 0.613. The molecular formula is C23H30N2O6. The standard InChI is InChI=1S/C23H30N2O6/c1-16-5-7-19(31-16)18(25-9-11-30-12-10-25)15-24-22(26)8-6-17-13-20(27-2)23(29-4)21(14-17)28-3/h5-8,13-14,18H,9-12,15H2,1-4H3,(H,24,26)/b8-6+. The third-order valence-corrected chi connectivity index (χ3v) is 5.16. The Morgan fingerprint density at radius 1 is 1.13 bits per heavy atom. The molecule has 1 aliphatic heterocycles. The van der Waals surface area contributed by atoms with E-state index in [-0.39, 0.29) is 11.9 Å². The number of nitrogens with one attached hydrogen (secondary N) is 1. The van der Waals surface area contributed by atoms with Crippen molar-refractivity contribution < 1.29 is 28.2 Å². The molecule has 8 heteroatoms. The van der Waals surface area contributed by atoms with Crippen molar-refractivity contribution in [2.75, 3.05) is 54.2 Å². The fraction of sp³-hybridized carbons (Fsp3) is 0.435. The van der Waals surface area contributed by atoms with E-state index in [1.165, 1.54) is 6.08 Å². The minimum Gasteiger partial charge on any atom is -0.493 e. The summed E-state index contributed by atoms with van der Waals surface area (Å²) in [6, 6.07) is 7.43. The Labute approximate surface area is 182 Å². The van der Waals surface area contributed by atoms with E-state index in [1.54, 1.807) is 39.5 Å². The fourth-order valence-electron chi connectivity index (χ4n) is 3.56. The first kappa shape index (κ1) is 22.7. The number of nitrogens with zero attached hydrogens (tertiary/aromatic N) is 1. The first-order chi connectivity index (χ1) is 15.0. The van der Waals surface area contributed by atoms with Gasteiger partial charge in [0.2, 0.25) is 11.7 Å². The summed E-state index contributed by atoms with van der Waals surface area (Å²) >= 11 is 0. The van der Waals surface area contributed by atoms with Crippen LogP contribution in [0.5, 0.6) is 17.2 Å². The van der Waals surface area contributed by atoms with E-state index in [4.69, 9.17) is 23.4 Å². The monoisotopic (exact) mass is 430 g/mol.